The minimum Gasteiger partial charge on any atom is -0.452 e. The maximum Gasteiger partial charge on any atom is 0.319 e. The van der Waals surface area contributed by atoms with E-state index >= 15 is 0 Å². The van der Waals surface area contributed by atoms with Gasteiger partial charge >= 0.3 is 5.97 Å². The summed E-state index contributed by atoms with van der Waals surface area (Å²) in [6.45, 7) is 4.45. The zero-order valence-corrected chi connectivity index (χ0v) is 16.9. The van der Waals surface area contributed by atoms with Crippen molar-refractivity contribution in [3.8, 4) is 0 Å². The van der Waals surface area contributed by atoms with Gasteiger partial charge in [-0.3, -0.25) is 24.5 Å². The second-order valence-electron chi connectivity index (χ2n) is 6.18. The Balaban J connectivity index is 1.94. The van der Waals surface area contributed by atoms with Crippen molar-refractivity contribution in [2.75, 3.05) is 5.32 Å². The number of ketones is 1. The first kappa shape index (κ1) is 22.1. The second-order valence-corrected chi connectivity index (χ2v) is 7.60. The zero-order valence-electron chi connectivity index (χ0n) is 16.1. The largest absolute Gasteiger partial charge is 0.452 e. The summed E-state index contributed by atoms with van der Waals surface area (Å²) in [4.78, 5) is 47.1. The molecule has 0 aliphatic heterocycles. The number of non-ortho nitro benzene ring substituents is 1. The molecule has 0 aromatic heterocycles. The molecule has 0 aliphatic rings. The average molecular weight is 416 g/mol. The molecule has 0 radical (unpaired) electrons. The number of Topliss-reactive ketones (excluding diaryl/α,β-unsaturated/α-hetero) is 1. The molecular formula is C20H20N2O6S. The van der Waals surface area contributed by atoms with Crippen LogP contribution in [0.3, 0.4) is 0 Å². The summed E-state index contributed by atoms with van der Waals surface area (Å²) >= 11 is 1.16. The van der Waals surface area contributed by atoms with E-state index in [0.717, 1.165) is 11.8 Å². The third-order valence-electron chi connectivity index (χ3n) is 3.92. The highest BCUT2D eigenvalue weighted by Crippen LogP contribution is 2.26. The average Bonchev–Trinajstić information content (AvgIpc) is 2.68. The lowest BCUT2D eigenvalue weighted by Gasteiger charge is -2.17. The van der Waals surface area contributed by atoms with Gasteiger partial charge in [0.2, 0.25) is 0 Å². The third-order valence-corrected chi connectivity index (χ3v) is 5.01. The number of carbonyl (C=O) groups excluding carboxylic acids is 3. The molecule has 0 unspecified atom stereocenters. The molecule has 9 heteroatoms. The zero-order chi connectivity index (χ0) is 21.6. The van der Waals surface area contributed by atoms with Crippen LogP contribution < -0.4 is 5.32 Å². The second kappa shape index (κ2) is 9.83. The van der Waals surface area contributed by atoms with Crippen molar-refractivity contribution in [1.29, 1.82) is 0 Å². The molecule has 0 heterocycles. The molecule has 2 aromatic carbocycles. The number of ether oxygens (including phenoxy) is 1. The van der Waals surface area contributed by atoms with Gasteiger partial charge in [0.1, 0.15) is 5.25 Å². The lowest BCUT2D eigenvalue weighted by Crippen LogP contribution is -2.32. The van der Waals surface area contributed by atoms with Crippen LogP contribution in [0.4, 0.5) is 11.4 Å². The number of hydrogen-bond donors (Lipinski definition) is 1. The van der Waals surface area contributed by atoms with Crippen molar-refractivity contribution >= 4 is 40.8 Å². The number of para-hydroxylation sites is 1. The number of amides is 1. The molecule has 0 bridgehead atoms. The number of nitro benzene ring substituents is 1. The highest BCUT2D eigenvalue weighted by molar-refractivity contribution is 8.00. The van der Waals surface area contributed by atoms with Gasteiger partial charge in [0.05, 0.1) is 10.6 Å². The van der Waals surface area contributed by atoms with Crippen LogP contribution in [0.1, 0.15) is 31.1 Å². The molecular weight excluding hydrogens is 396 g/mol. The Morgan fingerprint density at radius 2 is 1.69 bits per heavy atom. The number of thioether (sulfide) groups is 1. The quantitative estimate of drug-likeness (QED) is 0.228. The molecule has 1 N–H and O–H groups in total. The summed E-state index contributed by atoms with van der Waals surface area (Å²) < 4.78 is 5.22. The minimum absolute atomic E-state index is 0.0410. The standard InChI is InChI=1S/C20H20N2O6S/c1-12(23)17-6-4-5-7-18(17)21-19(24)13(2)28-20(25)14(3)29-16-10-8-15(9-11-16)22(26)27/h4-11,13-14H,1-3H3,(H,21,24)/t13-,14-/m1/s1. The SMILES string of the molecule is CC(=O)c1ccccc1NC(=O)[C@@H](C)OC(=O)[C@@H](C)Sc1ccc([N+](=O)[O-])cc1. The lowest BCUT2D eigenvalue weighted by atomic mass is 10.1. The van der Waals surface area contributed by atoms with E-state index in [1.165, 1.54) is 26.0 Å². The first-order valence-electron chi connectivity index (χ1n) is 8.71. The monoisotopic (exact) mass is 416 g/mol. The van der Waals surface area contributed by atoms with Gasteiger partial charge in [-0.1, -0.05) is 12.1 Å². The molecule has 152 valence electrons. The Hall–Kier alpha value is -3.20. The number of benzene rings is 2. The van der Waals surface area contributed by atoms with E-state index in [0.29, 0.717) is 16.1 Å². The van der Waals surface area contributed by atoms with Gasteiger partial charge in [-0.05, 0) is 45.0 Å². The van der Waals surface area contributed by atoms with E-state index in [2.05, 4.69) is 5.32 Å². The van der Waals surface area contributed by atoms with Crippen LogP contribution in [0, 0.1) is 10.1 Å². The summed E-state index contributed by atoms with van der Waals surface area (Å²) in [6, 6.07) is 12.3. The molecule has 0 saturated heterocycles. The molecule has 0 aliphatic carbocycles. The lowest BCUT2D eigenvalue weighted by molar-refractivity contribution is -0.384. The van der Waals surface area contributed by atoms with Crippen molar-refractivity contribution in [1.82, 2.24) is 0 Å². The summed E-state index contributed by atoms with van der Waals surface area (Å²) in [5.41, 5.74) is 0.670. The van der Waals surface area contributed by atoms with Crippen molar-refractivity contribution in [3.05, 3.63) is 64.2 Å². The number of nitro groups is 1. The van der Waals surface area contributed by atoms with Gasteiger partial charge in [-0.2, -0.15) is 0 Å². The van der Waals surface area contributed by atoms with Crippen LogP contribution in [-0.4, -0.2) is 33.9 Å². The number of hydrogen-bond acceptors (Lipinski definition) is 7. The van der Waals surface area contributed by atoms with Crippen molar-refractivity contribution in [3.63, 3.8) is 0 Å². The molecule has 0 saturated carbocycles. The number of anilines is 1. The molecule has 8 nitrogen and oxygen atoms in total. The van der Waals surface area contributed by atoms with Crippen molar-refractivity contribution in [2.45, 2.75) is 37.0 Å². The molecule has 0 spiro atoms. The predicted molar refractivity (Wildman–Crippen MR) is 109 cm³/mol. The third kappa shape index (κ3) is 6.15. The number of esters is 1. The van der Waals surface area contributed by atoms with E-state index in [1.807, 2.05) is 0 Å². The van der Waals surface area contributed by atoms with Crippen LogP contribution in [-0.2, 0) is 14.3 Å². The molecule has 2 rings (SSSR count). The van der Waals surface area contributed by atoms with E-state index in [-0.39, 0.29) is 11.5 Å². The molecule has 0 fully saturated rings. The fraction of sp³-hybridized carbons (Fsp3) is 0.250. The fourth-order valence-corrected chi connectivity index (χ4v) is 3.21. The van der Waals surface area contributed by atoms with Crippen LogP contribution in [0.25, 0.3) is 0 Å². The molecule has 2 aromatic rings. The predicted octanol–water partition coefficient (Wildman–Crippen LogP) is 3.85. The highest BCUT2D eigenvalue weighted by atomic mass is 32.2. The number of rotatable bonds is 8. The Morgan fingerprint density at radius 1 is 1.07 bits per heavy atom. The minimum atomic E-state index is -1.07. The topological polar surface area (TPSA) is 116 Å². The maximum absolute atomic E-state index is 12.3. The van der Waals surface area contributed by atoms with Crippen LogP contribution in [0.5, 0.6) is 0 Å². The van der Waals surface area contributed by atoms with Gasteiger partial charge in [0, 0.05) is 22.6 Å². The Labute approximate surface area is 171 Å². The summed E-state index contributed by atoms with van der Waals surface area (Å²) in [7, 11) is 0. The van der Waals surface area contributed by atoms with E-state index in [1.54, 1.807) is 43.3 Å². The molecule has 1 amide bonds. The van der Waals surface area contributed by atoms with E-state index in [4.69, 9.17) is 4.74 Å². The molecule has 2 atom stereocenters. The maximum atomic E-state index is 12.3. The van der Waals surface area contributed by atoms with Gasteiger partial charge in [0.25, 0.3) is 11.6 Å². The highest BCUT2D eigenvalue weighted by Gasteiger charge is 2.23. The van der Waals surface area contributed by atoms with Crippen molar-refractivity contribution < 1.29 is 24.0 Å². The first-order valence-corrected chi connectivity index (χ1v) is 9.59. The smallest absolute Gasteiger partial charge is 0.319 e. The number of nitrogens with zero attached hydrogens (tertiary/aromatic N) is 1. The van der Waals surface area contributed by atoms with Crippen LogP contribution in [0.15, 0.2) is 53.4 Å². The summed E-state index contributed by atoms with van der Waals surface area (Å²) in [5.74, 6) is -1.35. The van der Waals surface area contributed by atoms with Gasteiger partial charge in [-0.15, -0.1) is 11.8 Å². The Morgan fingerprint density at radius 3 is 2.28 bits per heavy atom. The molecule has 29 heavy (non-hydrogen) atoms. The number of carbonyl (C=O) groups is 3. The van der Waals surface area contributed by atoms with Crippen molar-refractivity contribution in [2.24, 2.45) is 0 Å². The fourth-order valence-electron chi connectivity index (χ4n) is 2.36. The van der Waals surface area contributed by atoms with E-state index in [9.17, 15) is 24.5 Å². The Kier molecular flexibility index (Phi) is 7.49. The van der Waals surface area contributed by atoms with Crippen LogP contribution in [0.2, 0.25) is 0 Å². The van der Waals surface area contributed by atoms with Gasteiger partial charge in [-0.25, -0.2) is 0 Å². The first-order chi connectivity index (χ1) is 13.7. The van der Waals surface area contributed by atoms with Crippen LogP contribution >= 0.6 is 11.8 Å². The summed E-state index contributed by atoms with van der Waals surface area (Å²) in [6.07, 6.45) is -1.07. The van der Waals surface area contributed by atoms with E-state index < -0.39 is 28.2 Å². The summed E-state index contributed by atoms with van der Waals surface area (Å²) in [5, 5.41) is 12.7. The van der Waals surface area contributed by atoms with Gasteiger partial charge < -0.3 is 10.1 Å². The normalized spacial score (nSPS) is 12.5. The Bertz CT molecular complexity index is 929. The van der Waals surface area contributed by atoms with Gasteiger partial charge in [0.15, 0.2) is 11.9 Å². The number of nitrogens with one attached hydrogen (secondary N) is 1.